The molecule has 0 aliphatic heterocycles. The summed E-state index contributed by atoms with van der Waals surface area (Å²) >= 11 is 0. The molecule has 0 aliphatic rings. The lowest BCUT2D eigenvalue weighted by atomic mass is 10.1. The zero-order valence-electron chi connectivity index (χ0n) is 12.8. The van der Waals surface area contributed by atoms with Crippen LogP contribution in [0.2, 0.25) is 0 Å². The van der Waals surface area contributed by atoms with Gasteiger partial charge < -0.3 is 0 Å². The standard InChI is InChI=1S/C19H32/c1-3-5-7-9-11-13-15-17-19-18-16-14-12-10-8-6-4-2/h3,5,7,9,11-12,14H,1,4,6,8,10,13,15-19H2,2H3. The number of hydrogen-bond donors (Lipinski definition) is 0. The number of hydrogen-bond acceptors (Lipinski definition) is 0. The molecule has 0 N–H and O–H groups in total. The third-order valence-corrected chi connectivity index (χ3v) is 3.13. The van der Waals surface area contributed by atoms with Crippen LogP contribution in [0.1, 0.15) is 71.1 Å². The molecule has 0 amide bonds. The molecule has 0 aliphatic carbocycles. The van der Waals surface area contributed by atoms with Crippen LogP contribution in [0.3, 0.4) is 0 Å². The topological polar surface area (TPSA) is 0 Å². The van der Waals surface area contributed by atoms with Crippen LogP contribution in [0.15, 0.2) is 49.1 Å². The van der Waals surface area contributed by atoms with E-state index in [2.05, 4.69) is 37.8 Å². The summed E-state index contributed by atoms with van der Waals surface area (Å²) in [5, 5.41) is 0. The van der Waals surface area contributed by atoms with E-state index in [1.165, 1.54) is 64.2 Å². The van der Waals surface area contributed by atoms with Gasteiger partial charge in [-0.05, 0) is 38.5 Å². The smallest absolute Gasteiger partial charge is 0.0348 e. The lowest BCUT2D eigenvalue weighted by Crippen LogP contribution is -1.77. The Kier molecular flexibility index (Phi) is 16.0. The quantitative estimate of drug-likeness (QED) is 0.195. The molecule has 0 unspecified atom stereocenters. The molecule has 0 aromatic rings. The van der Waals surface area contributed by atoms with Crippen LogP contribution in [-0.2, 0) is 0 Å². The second kappa shape index (κ2) is 17.0. The van der Waals surface area contributed by atoms with E-state index in [0.717, 1.165) is 0 Å². The van der Waals surface area contributed by atoms with Crippen molar-refractivity contribution in [1.29, 1.82) is 0 Å². The number of allylic oxidation sites excluding steroid dienone is 7. The lowest BCUT2D eigenvalue weighted by Gasteiger charge is -1.97. The molecule has 0 aromatic carbocycles. The van der Waals surface area contributed by atoms with Gasteiger partial charge in [-0.15, -0.1) is 0 Å². The van der Waals surface area contributed by atoms with E-state index in [0.29, 0.717) is 0 Å². The minimum absolute atomic E-state index is 1.20. The highest BCUT2D eigenvalue weighted by atomic mass is 13.9. The predicted molar refractivity (Wildman–Crippen MR) is 89.5 cm³/mol. The van der Waals surface area contributed by atoms with E-state index >= 15 is 0 Å². The molecule has 19 heavy (non-hydrogen) atoms. The zero-order chi connectivity index (χ0) is 14.0. The summed E-state index contributed by atoms with van der Waals surface area (Å²) in [5.41, 5.74) is 0. The summed E-state index contributed by atoms with van der Waals surface area (Å²) in [6.07, 6.45) is 28.1. The van der Waals surface area contributed by atoms with Gasteiger partial charge in [-0.25, -0.2) is 0 Å². The van der Waals surface area contributed by atoms with Gasteiger partial charge in [0.2, 0.25) is 0 Å². The average molecular weight is 260 g/mol. The Labute approximate surface area is 121 Å². The highest BCUT2D eigenvalue weighted by Gasteiger charge is 1.87. The molecule has 0 rings (SSSR count). The molecule has 0 nitrogen and oxygen atoms in total. The first kappa shape index (κ1) is 18.0. The van der Waals surface area contributed by atoms with E-state index in [9.17, 15) is 0 Å². The van der Waals surface area contributed by atoms with Crippen molar-refractivity contribution in [2.45, 2.75) is 71.1 Å². The summed E-state index contributed by atoms with van der Waals surface area (Å²) in [6.45, 7) is 5.90. The highest BCUT2D eigenvalue weighted by molar-refractivity contribution is 5.08. The molecular weight excluding hydrogens is 228 g/mol. The Morgan fingerprint density at radius 3 is 1.79 bits per heavy atom. The van der Waals surface area contributed by atoms with Gasteiger partial charge in [0.25, 0.3) is 0 Å². The first-order valence-corrected chi connectivity index (χ1v) is 8.01. The summed E-state index contributed by atoms with van der Waals surface area (Å²) in [6, 6.07) is 0. The molecule has 0 heterocycles. The van der Waals surface area contributed by atoms with E-state index in [1.807, 2.05) is 12.2 Å². The summed E-state index contributed by atoms with van der Waals surface area (Å²) in [4.78, 5) is 0. The Morgan fingerprint density at radius 2 is 1.21 bits per heavy atom. The summed E-state index contributed by atoms with van der Waals surface area (Å²) in [5.74, 6) is 0. The van der Waals surface area contributed by atoms with Crippen molar-refractivity contribution in [3.8, 4) is 0 Å². The molecule has 0 aromatic heterocycles. The van der Waals surface area contributed by atoms with E-state index in [1.54, 1.807) is 6.08 Å². The van der Waals surface area contributed by atoms with Crippen LogP contribution < -0.4 is 0 Å². The highest BCUT2D eigenvalue weighted by Crippen LogP contribution is 2.07. The van der Waals surface area contributed by atoms with Crippen molar-refractivity contribution in [3.63, 3.8) is 0 Å². The largest absolute Gasteiger partial charge is 0.0991 e. The third-order valence-electron chi connectivity index (χ3n) is 3.13. The molecule has 0 saturated carbocycles. The maximum Gasteiger partial charge on any atom is -0.0348 e. The second-order valence-corrected chi connectivity index (χ2v) is 5.01. The van der Waals surface area contributed by atoms with Crippen molar-refractivity contribution in [2.75, 3.05) is 0 Å². The molecule has 0 saturated heterocycles. The molecule has 0 fully saturated rings. The van der Waals surface area contributed by atoms with Crippen LogP contribution in [0.5, 0.6) is 0 Å². The molecule has 0 heteroatoms. The van der Waals surface area contributed by atoms with Gasteiger partial charge in [0.1, 0.15) is 0 Å². The Balaban J connectivity index is 3.16. The lowest BCUT2D eigenvalue weighted by molar-refractivity contribution is 0.651. The maximum absolute atomic E-state index is 3.64. The Hall–Kier alpha value is -1.04. The van der Waals surface area contributed by atoms with Gasteiger partial charge in [-0.1, -0.05) is 81.7 Å². The normalized spacial score (nSPS) is 12.1. The maximum atomic E-state index is 3.64. The van der Waals surface area contributed by atoms with Gasteiger partial charge in [-0.2, -0.15) is 0 Å². The van der Waals surface area contributed by atoms with Crippen molar-refractivity contribution >= 4 is 0 Å². The Bertz CT molecular complexity index is 255. The molecular formula is C19H32. The van der Waals surface area contributed by atoms with Crippen LogP contribution in [0.4, 0.5) is 0 Å². The summed E-state index contributed by atoms with van der Waals surface area (Å²) < 4.78 is 0. The SMILES string of the molecule is C=CC=CC=CCCCCCCC=CCCCCC. The molecule has 0 spiro atoms. The van der Waals surface area contributed by atoms with Gasteiger partial charge in [0.15, 0.2) is 0 Å². The monoisotopic (exact) mass is 260 g/mol. The van der Waals surface area contributed by atoms with Crippen molar-refractivity contribution in [1.82, 2.24) is 0 Å². The number of unbranched alkanes of at least 4 members (excludes halogenated alkanes) is 8. The van der Waals surface area contributed by atoms with Crippen molar-refractivity contribution in [3.05, 3.63) is 49.1 Å². The minimum Gasteiger partial charge on any atom is -0.0991 e. The van der Waals surface area contributed by atoms with E-state index in [-0.39, 0.29) is 0 Å². The van der Waals surface area contributed by atoms with Crippen molar-refractivity contribution < 1.29 is 0 Å². The molecule has 0 atom stereocenters. The molecule has 108 valence electrons. The van der Waals surface area contributed by atoms with Gasteiger partial charge in [0, 0.05) is 0 Å². The van der Waals surface area contributed by atoms with Gasteiger partial charge in [-0.3, -0.25) is 0 Å². The fourth-order valence-electron chi connectivity index (χ4n) is 1.94. The van der Waals surface area contributed by atoms with Crippen molar-refractivity contribution in [2.24, 2.45) is 0 Å². The Morgan fingerprint density at radius 1 is 0.632 bits per heavy atom. The van der Waals surface area contributed by atoms with E-state index < -0.39 is 0 Å². The van der Waals surface area contributed by atoms with Gasteiger partial charge in [0.05, 0.1) is 0 Å². The summed E-state index contributed by atoms with van der Waals surface area (Å²) in [7, 11) is 0. The molecule has 0 bridgehead atoms. The van der Waals surface area contributed by atoms with Gasteiger partial charge >= 0.3 is 0 Å². The van der Waals surface area contributed by atoms with E-state index in [4.69, 9.17) is 0 Å². The predicted octanol–water partition coefficient (Wildman–Crippen LogP) is 6.76. The molecule has 0 radical (unpaired) electrons. The first-order valence-electron chi connectivity index (χ1n) is 8.01. The minimum atomic E-state index is 1.20. The van der Waals surface area contributed by atoms with Crippen LogP contribution in [-0.4, -0.2) is 0 Å². The second-order valence-electron chi connectivity index (χ2n) is 5.01. The van der Waals surface area contributed by atoms with Crippen LogP contribution in [0, 0.1) is 0 Å². The zero-order valence-corrected chi connectivity index (χ0v) is 12.8. The van der Waals surface area contributed by atoms with Crippen LogP contribution >= 0.6 is 0 Å². The third kappa shape index (κ3) is 17.0. The number of rotatable bonds is 13. The average Bonchev–Trinajstić information content (AvgIpc) is 2.43. The van der Waals surface area contributed by atoms with Crippen LogP contribution in [0.25, 0.3) is 0 Å². The first-order chi connectivity index (χ1) is 9.41. The fraction of sp³-hybridized carbons (Fsp3) is 0.579. The fourth-order valence-corrected chi connectivity index (χ4v) is 1.94.